The van der Waals surface area contributed by atoms with E-state index in [9.17, 15) is 28.4 Å². The van der Waals surface area contributed by atoms with E-state index in [0.717, 1.165) is 6.07 Å². The van der Waals surface area contributed by atoms with Gasteiger partial charge in [0.25, 0.3) is 0 Å². The minimum absolute atomic E-state index is 0.113. The topological polar surface area (TPSA) is 81.8 Å². The van der Waals surface area contributed by atoms with Crippen molar-refractivity contribution in [3.8, 4) is 17.2 Å². The molecular weight excluding hydrogens is 379 g/mol. The number of benzene rings is 2. The van der Waals surface area contributed by atoms with Crippen LogP contribution in [0.4, 0.5) is 18.9 Å². The number of nitro groups is 1. The summed E-state index contributed by atoms with van der Waals surface area (Å²) < 4.78 is 49.8. The molecule has 1 N–H and O–H groups in total. The van der Waals surface area contributed by atoms with Gasteiger partial charge in [0.1, 0.15) is 0 Å². The summed E-state index contributed by atoms with van der Waals surface area (Å²) in [6.45, 7) is 5.31. The number of halogens is 3. The second kappa shape index (κ2) is 8.75. The summed E-state index contributed by atoms with van der Waals surface area (Å²) in [4.78, 5) is 10.3. The van der Waals surface area contributed by atoms with Crippen LogP contribution in [0.25, 0.3) is 0 Å². The molecule has 0 saturated heterocycles. The van der Waals surface area contributed by atoms with Crippen LogP contribution < -0.4 is 9.47 Å². The SMILES string of the molecule is C=CCc1cc(CO)cc(OCC)c1Oc1ccc(C(F)(F)F)cc1[N+](=O)[O-]. The first-order valence-electron chi connectivity index (χ1n) is 8.25. The van der Waals surface area contributed by atoms with E-state index in [4.69, 9.17) is 9.47 Å². The first-order chi connectivity index (χ1) is 13.2. The third-order valence-corrected chi connectivity index (χ3v) is 3.73. The number of ether oxygens (including phenoxy) is 2. The third-order valence-electron chi connectivity index (χ3n) is 3.73. The van der Waals surface area contributed by atoms with Crippen LogP contribution in [-0.4, -0.2) is 16.6 Å². The van der Waals surface area contributed by atoms with Gasteiger partial charge in [-0.1, -0.05) is 6.08 Å². The van der Waals surface area contributed by atoms with Crippen molar-refractivity contribution < 1.29 is 32.7 Å². The first kappa shape index (κ1) is 21.2. The Morgan fingerprint density at radius 2 is 1.96 bits per heavy atom. The Morgan fingerprint density at radius 3 is 2.50 bits per heavy atom. The van der Waals surface area contributed by atoms with Crippen LogP contribution in [0.2, 0.25) is 0 Å². The second-order valence-corrected chi connectivity index (χ2v) is 5.71. The van der Waals surface area contributed by atoms with Gasteiger partial charge in [0.2, 0.25) is 5.75 Å². The Bertz CT molecular complexity index is 881. The number of hydrogen-bond acceptors (Lipinski definition) is 5. The van der Waals surface area contributed by atoms with E-state index in [1.54, 1.807) is 19.1 Å². The number of rotatable bonds is 8. The van der Waals surface area contributed by atoms with Crippen molar-refractivity contribution in [3.63, 3.8) is 0 Å². The molecule has 2 rings (SSSR count). The third kappa shape index (κ3) is 4.80. The van der Waals surface area contributed by atoms with Crippen molar-refractivity contribution in [3.05, 3.63) is 69.8 Å². The predicted molar refractivity (Wildman–Crippen MR) is 95.6 cm³/mol. The summed E-state index contributed by atoms with van der Waals surface area (Å²) in [5.74, 6) is -0.0390. The van der Waals surface area contributed by atoms with Crippen LogP contribution in [0.15, 0.2) is 43.0 Å². The molecule has 9 heteroatoms. The molecule has 0 radical (unpaired) electrons. The molecule has 0 aliphatic carbocycles. The van der Waals surface area contributed by atoms with Gasteiger partial charge >= 0.3 is 11.9 Å². The van der Waals surface area contributed by atoms with Gasteiger partial charge in [0.15, 0.2) is 11.5 Å². The standard InChI is InChI=1S/C19H18F3NO5/c1-3-5-13-8-12(11-24)9-17(27-4-2)18(13)28-16-7-6-14(19(20,21)22)10-15(16)23(25)26/h3,6-10,24H,1,4-5,11H2,2H3. The van der Waals surface area contributed by atoms with Gasteiger partial charge in [0.05, 0.1) is 23.7 Å². The predicted octanol–water partition coefficient (Wildman–Crippen LogP) is 5.03. The molecule has 0 atom stereocenters. The Morgan fingerprint density at radius 1 is 1.25 bits per heavy atom. The highest BCUT2D eigenvalue weighted by molar-refractivity contribution is 5.56. The van der Waals surface area contributed by atoms with Gasteiger partial charge in [-0.25, -0.2) is 0 Å². The van der Waals surface area contributed by atoms with Crippen LogP contribution in [0.1, 0.15) is 23.6 Å². The summed E-state index contributed by atoms with van der Waals surface area (Å²) in [6, 6.07) is 5.13. The summed E-state index contributed by atoms with van der Waals surface area (Å²) >= 11 is 0. The fraction of sp³-hybridized carbons (Fsp3) is 0.263. The lowest BCUT2D eigenvalue weighted by atomic mass is 10.1. The van der Waals surface area contributed by atoms with Crippen LogP contribution in [0, 0.1) is 10.1 Å². The maximum atomic E-state index is 12.9. The lowest BCUT2D eigenvalue weighted by Gasteiger charge is -2.17. The quantitative estimate of drug-likeness (QED) is 0.384. The summed E-state index contributed by atoms with van der Waals surface area (Å²) in [7, 11) is 0. The highest BCUT2D eigenvalue weighted by atomic mass is 19.4. The Kier molecular flexibility index (Phi) is 6.63. The van der Waals surface area contributed by atoms with Gasteiger partial charge in [-0.2, -0.15) is 13.2 Å². The van der Waals surface area contributed by atoms with Crippen molar-refractivity contribution in [1.82, 2.24) is 0 Å². The monoisotopic (exact) mass is 397 g/mol. The summed E-state index contributed by atoms with van der Waals surface area (Å²) in [5.41, 5.74) is -0.944. The zero-order valence-corrected chi connectivity index (χ0v) is 15.0. The van der Waals surface area contributed by atoms with Crippen LogP contribution in [-0.2, 0) is 19.2 Å². The van der Waals surface area contributed by atoms with Gasteiger partial charge in [-0.15, -0.1) is 6.58 Å². The molecule has 0 aliphatic rings. The number of aliphatic hydroxyl groups is 1. The van der Waals surface area contributed by atoms with Crippen molar-refractivity contribution in [2.45, 2.75) is 26.1 Å². The normalized spacial score (nSPS) is 11.2. The minimum Gasteiger partial charge on any atom is -0.490 e. The van der Waals surface area contributed by atoms with E-state index >= 15 is 0 Å². The highest BCUT2D eigenvalue weighted by Crippen LogP contribution is 2.42. The van der Waals surface area contributed by atoms with Crippen LogP contribution in [0.3, 0.4) is 0 Å². The molecule has 0 bridgehead atoms. The Balaban J connectivity index is 2.60. The molecule has 0 fully saturated rings. The highest BCUT2D eigenvalue weighted by Gasteiger charge is 2.33. The maximum Gasteiger partial charge on any atom is 0.416 e. The smallest absolute Gasteiger partial charge is 0.416 e. The molecule has 150 valence electrons. The molecule has 0 unspecified atom stereocenters. The Labute approximate surface area is 159 Å². The van der Waals surface area contributed by atoms with Crippen molar-refractivity contribution in [2.24, 2.45) is 0 Å². The molecular formula is C19H18F3NO5. The van der Waals surface area contributed by atoms with E-state index in [-0.39, 0.29) is 36.9 Å². The Hall–Kier alpha value is -3.07. The second-order valence-electron chi connectivity index (χ2n) is 5.71. The lowest BCUT2D eigenvalue weighted by molar-refractivity contribution is -0.385. The average molecular weight is 397 g/mol. The molecule has 0 aromatic heterocycles. The fourth-order valence-electron chi connectivity index (χ4n) is 2.53. The van der Waals surface area contributed by atoms with Gasteiger partial charge in [0, 0.05) is 11.6 Å². The molecule has 0 heterocycles. The van der Waals surface area contributed by atoms with Crippen molar-refractivity contribution in [2.75, 3.05) is 6.61 Å². The summed E-state index contributed by atoms with van der Waals surface area (Å²) in [6.07, 6.45) is -2.88. The maximum absolute atomic E-state index is 12.9. The number of nitrogens with zero attached hydrogens (tertiary/aromatic N) is 1. The van der Waals surface area contributed by atoms with E-state index in [1.807, 2.05) is 0 Å². The van der Waals surface area contributed by atoms with Gasteiger partial charge in [-0.05, 0) is 43.2 Å². The van der Waals surface area contributed by atoms with E-state index in [1.165, 1.54) is 6.07 Å². The number of allylic oxidation sites excluding steroid dienone is 1. The zero-order valence-electron chi connectivity index (χ0n) is 15.0. The molecule has 6 nitrogen and oxygen atoms in total. The number of hydrogen-bond donors (Lipinski definition) is 1. The van der Waals surface area contributed by atoms with Crippen molar-refractivity contribution in [1.29, 1.82) is 0 Å². The van der Waals surface area contributed by atoms with Gasteiger partial charge in [-0.3, -0.25) is 10.1 Å². The van der Waals surface area contributed by atoms with E-state index < -0.39 is 22.4 Å². The summed E-state index contributed by atoms with van der Waals surface area (Å²) in [5, 5.41) is 20.7. The zero-order chi connectivity index (χ0) is 20.9. The first-order valence-corrected chi connectivity index (χ1v) is 8.25. The van der Waals surface area contributed by atoms with E-state index in [2.05, 4.69) is 6.58 Å². The number of alkyl halides is 3. The average Bonchev–Trinajstić information content (AvgIpc) is 2.63. The molecule has 0 amide bonds. The minimum atomic E-state index is -4.73. The molecule has 28 heavy (non-hydrogen) atoms. The number of nitro benzene ring substituents is 1. The van der Waals surface area contributed by atoms with Crippen molar-refractivity contribution >= 4 is 5.69 Å². The molecule has 0 spiro atoms. The van der Waals surface area contributed by atoms with E-state index in [0.29, 0.717) is 23.3 Å². The molecule has 2 aromatic carbocycles. The molecule has 2 aromatic rings. The number of aliphatic hydroxyl groups excluding tert-OH is 1. The van der Waals surface area contributed by atoms with Gasteiger partial charge < -0.3 is 14.6 Å². The lowest BCUT2D eigenvalue weighted by Crippen LogP contribution is -2.06. The van der Waals surface area contributed by atoms with Crippen LogP contribution in [0.5, 0.6) is 17.2 Å². The molecule has 0 aliphatic heterocycles. The molecule has 0 saturated carbocycles. The van der Waals surface area contributed by atoms with Crippen LogP contribution >= 0.6 is 0 Å². The fourth-order valence-corrected chi connectivity index (χ4v) is 2.53. The largest absolute Gasteiger partial charge is 0.490 e.